The van der Waals surface area contributed by atoms with Crippen LogP contribution in [0.1, 0.15) is 15.9 Å². The van der Waals surface area contributed by atoms with E-state index in [1.165, 1.54) is 25.2 Å². The van der Waals surface area contributed by atoms with Gasteiger partial charge in [-0.25, -0.2) is 12.8 Å². The van der Waals surface area contributed by atoms with Crippen molar-refractivity contribution in [3.63, 3.8) is 0 Å². The highest BCUT2D eigenvalue weighted by molar-refractivity contribution is 7.92. The zero-order valence-corrected chi connectivity index (χ0v) is 17.1. The number of nitrogens with zero attached hydrogens (tertiary/aromatic N) is 1. The van der Waals surface area contributed by atoms with Crippen molar-refractivity contribution in [2.45, 2.75) is 6.92 Å². The highest BCUT2D eigenvalue weighted by Crippen LogP contribution is 2.32. The summed E-state index contributed by atoms with van der Waals surface area (Å²) < 4.78 is 38.7. The van der Waals surface area contributed by atoms with Crippen LogP contribution in [0.3, 0.4) is 0 Å². The minimum absolute atomic E-state index is 0.138. The van der Waals surface area contributed by atoms with E-state index in [1.807, 2.05) is 31.2 Å². The lowest BCUT2D eigenvalue weighted by molar-refractivity contribution is 0.102. The summed E-state index contributed by atoms with van der Waals surface area (Å²) in [6, 6.07) is 18.3. The maximum absolute atomic E-state index is 13.5. The molecule has 3 aromatic rings. The molecule has 0 saturated carbocycles. The van der Waals surface area contributed by atoms with E-state index in [1.54, 1.807) is 18.2 Å². The highest BCUT2D eigenvalue weighted by Gasteiger charge is 2.19. The SMILES string of the molecule is Cc1ccc(-c2ccc(N(C)S(C)(=O)=O)c(NC(=O)c3cccc(F)c3)c2)cc1. The lowest BCUT2D eigenvalue weighted by Gasteiger charge is -2.21. The summed E-state index contributed by atoms with van der Waals surface area (Å²) in [5.74, 6) is -1.06. The summed E-state index contributed by atoms with van der Waals surface area (Å²) in [6.07, 6.45) is 1.08. The summed E-state index contributed by atoms with van der Waals surface area (Å²) in [5, 5.41) is 2.72. The Bertz CT molecular complexity index is 1160. The van der Waals surface area contributed by atoms with Crippen LogP contribution in [0.2, 0.25) is 0 Å². The molecule has 1 N–H and O–H groups in total. The molecule has 0 aliphatic carbocycles. The molecule has 0 radical (unpaired) electrons. The van der Waals surface area contributed by atoms with E-state index < -0.39 is 21.7 Å². The number of hydrogen-bond donors (Lipinski definition) is 1. The maximum Gasteiger partial charge on any atom is 0.255 e. The molecule has 7 heteroatoms. The van der Waals surface area contributed by atoms with Crippen molar-refractivity contribution in [2.75, 3.05) is 22.9 Å². The molecule has 0 unspecified atom stereocenters. The van der Waals surface area contributed by atoms with Crippen molar-refractivity contribution in [1.29, 1.82) is 0 Å². The maximum atomic E-state index is 13.5. The lowest BCUT2D eigenvalue weighted by Crippen LogP contribution is -2.26. The number of nitrogens with one attached hydrogen (secondary N) is 1. The molecule has 3 rings (SSSR count). The second-order valence-corrected chi connectivity index (χ2v) is 8.81. The molecule has 0 aromatic heterocycles. The third-order valence-electron chi connectivity index (χ3n) is 4.55. The van der Waals surface area contributed by atoms with Crippen molar-refractivity contribution in [2.24, 2.45) is 0 Å². The summed E-state index contributed by atoms with van der Waals surface area (Å²) in [7, 11) is -2.14. The van der Waals surface area contributed by atoms with E-state index in [0.29, 0.717) is 11.4 Å². The molecule has 29 heavy (non-hydrogen) atoms. The van der Waals surface area contributed by atoms with Gasteiger partial charge >= 0.3 is 0 Å². The van der Waals surface area contributed by atoms with Crippen LogP contribution < -0.4 is 9.62 Å². The van der Waals surface area contributed by atoms with Crippen LogP contribution in [0.4, 0.5) is 15.8 Å². The minimum Gasteiger partial charge on any atom is -0.320 e. The predicted molar refractivity (Wildman–Crippen MR) is 114 cm³/mol. The van der Waals surface area contributed by atoms with Gasteiger partial charge in [0.15, 0.2) is 0 Å². The summed E-state index contributed by atoms with van der Waals surface area (Å²) in [5.41, 5.74) is 3.61. The number of carbonyl (C=O) groups is 1. The molecular formula is C22H21FN2O3S. The molecule has 3 aromatic carbocycles. The molecule has 0 heterocycles. The van der Waals surface area contributed by atoms with Crippen molar-refractivity contribution in [3.05, 3.63) is 83.7 Å². The fraction of sp³-hybridized carbons (Fsp3) is 0.136. The number of benzene rings is 3. The fourth-order valence-electron chi connectivity index (χ4n) is 2.84. The van der Waals surface area contributed by atoms with Gasteiger partial charge in [0.05, 0.1) is 17.6 Å². The second-order valence-electron chi connectivity index (χ2n) is 6.79. The first-order valence-corrected chi connectivity index (χ1v) is 10.7. The molecule has 0 spiro atoms. The molecule has 0 bridgehead atoms. The first-order valence-electron chi connectivity index (χ1n) is 8.87. The predicted octanol–water partition coefficient (Wildman–Crippen LogP) is 4.45. The molecule has 0 aliphatic heterocycles. The normalized spacial score (nSPS) is 11.2. The molecule has 0 fully saturated rings. The van der Waals surface area contributed by atoms with Crippen molar-refractivity contribution in [3.8, 4) is 11.1 Å². The number of hydrogen-bond acceptors (Lipinski definition) is 3. The number of carbonyl (C=O) groups excluding carboxylic acids is 1. The third kappa shape index (κ3) is 4.81. The molecular weight excluding hydrogens is 391 g/mol. The topological polar surface area (TPSA) is 66.5 Å². The standard InChI is InChI=1S/C22H21FN2O3S/c1-15-7-9-16(10-8-15)17-11-12-21(25(2)29(3,27)28)20(14-17)24-22(26)18-5-4-6-19(23)13-18/h4-14H,1-3H3,(H,24,26). The monoisotopic (exact) mass is 412 g/mol. The molecule has 5 nitrogen and oxygen atoms in total. The lowest BCUT2D eigenvalue weighted by atomic mass is 10.0. The number of halogens is 1. The van der Waals surface area contributed by atoms with Gasteiger partial charge in [0.25, 0.3) is 5.91 Å². The van der Waals surface area contributed by atoms with Gasteiger partial charge < -0.3 is 5.32 Å². The number of rotatable bonds is 5. The van der Waals surface area contributed by atoms with Gasteiger partial charge in [-0.15, -0.1) is 0 Å². The van der Waals surface area contributed by atoms with Gasteiger partial charge in [-0.3, -0.25) is 9.10 Å². The van der Waals surface area contributed by atoms with E-state index in [-0.39, 0.29) is 5.56 Å². The average Bonchev–Trinajstić information content (AvgIpc) is 2.67. The quantitative estimate of drug-likeness (QED) is 0.673. The van der Waals surface area contributed by atoms with Crippen molar-refractivity contribution < 1.29 is 17.6 Å². The van der Waals surface area contributed by atoms with Crippen molar-refractivity contribution in [1.82, 2.24) is 0 Å². The smallest absolute Gasteiger partial charge is 0.255 e. The summed E-state index contributed by atoms with van der Waals surface area (Å²) in [4.78, 5) is 12.6. The Kier molecular flexibility index (Phi) is 5.70. The number of sulfonamides is 1. The van der Waals surface area contributed by atoms with Gasteiger partial charge in [0.1, 0.15) is 5.82 Å². The largest absolute Gasteiger partial charge is 0.320 e. The van der Waals surface area contributed by atoms with Crippen LogP contribution in [-0.2, 0) is 10.0 Å². The van der Waals surface area contributed by atoms with Gasteiger partial charge in [0, 0.05) is 12.6 Å². The van der Waals surface area contributed by atoms with E-state index >= 15 is 0 Å². The Morgan fingerprint density at radius 2 is 1.62 bits per heavy atom. The van der Waals surface area contributed by atoms with Crippen LogP contribution in [0, 0.1) is 12.7 Å². The molecule has 0 aliphatic rings. The van der Waals surface area contributed by atoms with Gasteiger partial charge in [-0.05, 0) is 48.4 Å². The summed E-state index contributed by atoms with van der Waals surface area (Å²) in [6.45, 7) is 1.98. The molecule has 1 amide bonds. The average molecular weight is 412 g/mol. The van der Waals surface area contributed by atoms with E-state index in [2.05, 4.69) is 5.32 Å². The Balaban J connectivity index is 2.05. The fourth-order valence-corrected chi connectivity index (χ4v) is 3.36. The van der Waals surface area contributed by atoms with Crippen LogP contribution in [0.5, 0.6) is 0 Å². The Hall–Kier alpha value is -3.19. The van der Waals surface area contributed by atoms with Crippen molar-refractivity contribution >= 4 is 27.3 Å². The number of anilines is 2. The van der Waals surface area contributed by atoms with Crippen LogP contribution in [0.25, 0.3) is 11.1 Å². The van der Waals surface area contributed by atoms with Gasteiger partial charge in [-0.2, -0.15) is 0 Å². The van der Waals surface area contributed by atoms with Gasteiger partial charge in [0.2, 0.25) is 10.0 Å². The second kappa shape index (κ2) is 8.05. The Morgan fingerprint density at radius 1 is 0.966 bits per heavy atom. The molecule has 150 valence electrons. The number of amides is 1. The Morgan fingerprint density at radius 3 is 2.24 bits per heavy atom. The van der Waals surface area contributed by atoms with Gasteiger partial charge in [-0.1, -0.05) is 42.0 Å². The first-order chi connectivity index (χ1) is 13.6. The van der Waals surface area contributed by atoms with Crippen LogP contribution in [-0.4, -0.2) is 27.6 Å². The van der Waals surface area contributed by atoms with E-state index in [0.717, 1.165) is 33.3 Å². The minimum atomic E-state index is -3.55. The zero-order valence-electron chi connectivity index (χ0n) is 16.3. The van der Waals surface area contributed by atoms with E-state index in [9.17, 15) is 17.6 Å². The zero-order chi connectivity index (χ0) is 21.2. The first kappa shape index (κ1) is 20.5. The number of aryl methyl sites for hydroxylation is 1. The molecule has 0 atom stereocenters. The Labute approximate surface area is 169 Å². The molecule has 0 saturated heterocycles. The van der Waals surface area contributed by atoms with E-state index in [4.69, 9.17) is 0 Å². The summed E-state index contributed by atoms with van der Waals surface area (Å²) >= 11 is 0. The highest BCUT2D eigenvalue weighted by atomic mass is 32.2. The van der Waals surface area contributed by atoms with Crippen LogP contribution in [0.15, 0.2) is 66.7 Å². The third-order valence-corrected chi connectivity index (χ3v) is 5.74. The van der Waals surface area contributed by atoms with Crippen LogP contribution >= 0.6 is 0 Å².